The average molecular weight is 293 g/mol. The molecule has 2 heterocycles. The van der Waals surface area contributed by atoms with Gasteiger partial charge in [0.15, 0.2) is 5.60 Å². The summed E-state index contributed by atoms with van der Waals surface area (Å²) < 4.78 is 6.20. The zero-order chi connectivity index (χ0) is 15.2. The molecule has 2 aromatic rings. The Bertz CT molecular complexity index is 756. The van der Waals surface area contributed by atoms with Crippen molar-refractivity contribution < 1.29 is 14.3 Å². The van der Waals surface area contributed by atoms with Crippen LogP contribution in [0.1, 0.15) is 30.1 Å². The molecule has 2 aromatic carbocycles. The smallest absolute Gasteiger partial charge is 0.261 e. The van der Waals surface area contributed by atoms with E-state index in [4.69, 9.17) is 4.74 Å². The second kappa shape index (κ2) is 4.78. The van der Waals surface area contributed by atoms with Gasteiger partial charge in [0.05, 0.1) is 6.10 Å². The summed E-state index contributed by atoms with van der Waals surface area (Å²) in [6, 6.07) is 17.0. The molecular weight excluding hydrogens is 278 g/mol. The zero-order valence-electron chi connectivity index (χ0n) is 11.9. The van der Waals surface area contributed by atoms with Crippen molar-refractivity contribution in [1.82, 2.24) is 0 Å². The lowest BCUT2D eigenvalue weighted by Gasteiger charge is -2.36. The first kappa shape index (κ1) is 13.2. The normalized spacial score (nSPS) is 26.8. The zero-order valence-corrected chi connectivity index (χ0v) is 11.9. The number of Topliss-reactive ketones (excluding diaryl/α,β-unsaturated/α-hetero) is 1. The van der Waals surface area contributed by atoms with Gasteiger partial charge in [0, 0.05) is 24.1 Å². The molecule has 1 saturated heterocycles. The standard InChI is InChI=1S/C18H15NO3/c20-13-10-16(12-6-2-1-3-7-12)22-18(11-13)14-8-4-5-9-15(14)19-17(18)21/h1-9,16H,10-11H2,(H,19,21)/t16-,18?/m1/s1. The number of benzene rings is 2. The van der Waals surface area contributed by atoms with Crippen molar-refractivity contribution in [1.29, 1.82) is 0 Å². The number of fused-ring (bicyclic) bond motifs is 2. The van der Waals surface area contributed by atoms with Crippen LogP contribution < -0.4 is 5.32 Å². The molecule has 1 N–H and O–H groups in total. The van der Waals surface area contributed by atoms with Gasteiger partial charge < -0.3 is 10.1 Å². The van der Waals surface area contributed by atoms with E-state index in [-0.39, 0.29) is 24.2 Å². The van der Waals surface area contributed by atoms with E-state index in [9.17, 15) is 9.59 Å². The Hall–Kier alpha value is -2.46. The average Bonchev–Trinajstić information content (AvgIpc) is 2.80. The second-order valence-corrected chi connectivity index (χ2v) is 5.76. The van der Waals surface area contributed by atoms with Gasteiger partial charge in [-0.25, -0.2) is 0 Å². The molecule has 0 aliphatic carbocycles. The van der Waals surface area contributed by atoms with Crippen LogP contribution in [0, 0.1) is 0 Å². The SMILES string of the molecule is O=C1C[C@H](c2ccccc2)OC2(C1)C(=O)Nc1ccccc12. The molecule has 4 nitrogen and oxygen atoms in total. The first-order valence-corrected chi connectivity index (χ1v) is 7.34. The van der Waals surface area contributed by atoms with E-state index in [2.05, 4.69) is 5.32 Å². The Labute approximate surface area is 128 Å². The minimum atomic E-state index is -1.19. The van der Waals surface area contributed by atoms with Crippen LogP contribution in [0.15, 0.2) is 54.6 Å². The monoisotopic (exact) mass is 293 g/mol. The van der Waals surface area contributed by atoms with Crippen molar-refractivity contribution in [3.8, 4) is 0 Å². The minimum absolute atomic E-state index is 0.0481. The first-order chi connectivity index (χ1) is 10.7. The summed E-state index contributed by atoms with van der Waals surface area (Å²) in [6.07, 6.45) is 0.0137. The quantitative estimate of drug-likeness (QED) is 0.879. The highest BCUT2D eigenvalue weighted by Gasteiger charge is 2.53. The molecule has 1 unspecified atom stereocenters. The first-order valence-electron chi connectivity index (χ1n) is 7.34. The summed E-state index contributed by atoms with van der Waals surface area (Å²) in [7, 11) is 0. The van der Waals surface area contributed by atoms with E-state index in [1.54, 1.807) is 0 Å². The van der Waals surface area contributed by atoms with Gasteiger partial charge in [0.2, 0.25) is 0 Å². The van der Waals surface area contributed by atoms with Gasteiger partial charge in [0.1, 0.15) is 5.78 Å². The van der Waals surface area contributed by atoms with E-state index in [1.807, 2.05) is 54.6 Å². The van der Waals surface area contributed by atoms with Crippen LogP contribution >= 0.6 is 0 Å². The summed E-state index contributed by atoms with van der Waals surface area (Å²) in [4.78, 5) is 24.8. The van der Waals surface area contributed by atoms with E-state index >= 15 is 0 Å². The highest BCUT2D eigenvalue weighted by molar-refractivity contribution is 6.07. The van der Waals surface area contributed by atoms with Crippen LogP contribution in [-0.2, 0) is 19.9 Å². The fourth-order valence-electron chi connectivity index (χ4n) is 3.32. The van der Waals surface area contributed by atoms with Gasteiger partial charge in [-0.2, -0.15) is 0 Å². The summed E-state index contributed by atoms with van der Waals surface area (Å²) in [5.41, 5.74) is 1.22. The topological polar surface area (TPSA) is 55.4 Å². The minimum Gasteiger partial charge on any atom is -0.351 e. The molecule has 2 aliphatic rings. The molecular formula is C18H15NO3. The third kappa shape index (κ3) is 1.88. The predicted octanol–water partition coefficient (Wildman–Crippen LogP) is 2.95. The van der Waals surface area contributed by atoms with Gasteiger partial charge in [-0.3, -0.25) is 9.59 Å². The maximum Gasteiger partial charge on any atom is 0.261 e. The number of carbonyl (C=O) groups is 2. The van der Waals surface area contributed by atoms with Crippen LogP contribution in [0.3, 0.4) is 0 Å². The highest BCUT2D eigenvalue weighted by Crippen LogP contribution is 2.48. The molecule has 4 rings (SSSR count). The number of carbonyl (C=O) groups excluding carboxylic acids is 2. The van der Waals surface area contributed by atoms with Gasteiger partial charge in [-0.1, -0.05) is 48.5 Å². The van der Waals surface area contributed by atoms with Crippen LogP contribution in [0.4, 0.5) is 5.69 Å². The van der Waals surface area contributed by atoms with Gasteiger partial charge >= 0.3 is 0 Å². The van der Waals surface area contributed by atoms with Gasteiger partial charge in [0.25, 0.3) is 5.91 Å². The number of amides is 1. The van der Waals surface area contributed by atoms with Crippen LogP contribution in [0.25, 0.3) is 0 Å². The van der Waals surface area contributed by atoms with Gasteiger partial charge in [-0.15, -0.1) is 0 Å². The Balaban J connectivity index is 1.79. The largest absolute Gasteiger partial charge is 0.351 e. The number of hydrogen-bond acceptors (Lipinski definition) is 3. The van der Waals surface area contributed by atoms with E-state index in [1.165, 1.54) is 0 Å². The van der Waals surface area contributed by atoms with Crippen LogP contribution in [0.2, 0.25) is 0 Å². The molecule has 110 valence electrons. The molecule has 0 bridgehead atoms. The summed E-state index contributed by atoms with van der Waals surface area (Å²) in [6.45, 7) is 0. The number of ketones is 1. The van der Waals surface area contributed by atoms with Crippen molar-refractivity contribution in [3.05, 3.63) is 65.7 Å². The lowest BCUT2D eigenvalue weighted by molar-refractivity contribution is -0.170. The Kier molecular flexibility index (Phi) is 2.87. The molecule has 22 heavy (non-hydrogen) atoms. The summed E-state index contributed by atoms with van der Waals surface area (Å²) in [5.74, 6) is -0.199. The van der Waals surface area contributed by atoms with Gasteiger partial charge in [-0.05, 0) is 11.6 Å². The Morgan fingerprint density at radius 1 is 1.00 bits per heavy atom. The Morgan fingerprint density at radius 3 is 2.55 bits per heavy atom. The van der Waals surface area contributed by atoms with Crippen LogP contribution in [-0.4, -0.2) is 11.7 Å². The third-order valence-electron chi connectivity index (χ3n) is 4.35. The number of nitrogens with one attached hydrogen (secondary N) is 1. The molecule has 1 amide bonds. The number of ether oxygens (including phenoxy) is 1. The van der Waals surface area contributed by atoms with E-state index in [0.717, 1.165) is 16.8 Å². The fraction of sp³-hybridized carbons (Fsp3) is 0.222. The van der Waals surface area contributed by atoms with Crippen molar-refractivity contribution in [2.24, 2.45) is 0 Å². The molecule has 0 radical (unpaired) electrons. The molecule has 1 fully saturated rings. The number of anilines is 1. The predicted molar refractivity (Wildman–Crippen MR) is 81.3 cm³/mol. The maximum absolute atomic E-state index is 12.5. The number of hydrogen-bond donors (Lipinski definition) is 1. The highest BCUT2D eigenvalue weighted by atomic mass is 16.5. The van der Waals surface area contributed by atoms with Crippen LogP contribution in [0.5, 0.6) is 0 Å². The number of rotatable bonds is 1. The Morgan fingerprint density at radius 2 is 1.73 bits per heavy atom. The third-order valence-corrected chi connectivity index (χ3v) is 4.35. The van der Waals surface area contributed by atoms with Crippen molar-refractivity contribution in [2.75, 3.05) is 5.32 Å². The number of para-hydroxylation sites is 1. The lowest BCUT2D eigenvalue weighted by atomic mass is 9.84. The molecule has 2 atom stereocenters. The molecule has 2 aliphatic heterocycles. The molecule has 4 heteroatoms. The summed E-state index contributed by atoms with van der Waals surface area (Å²) in [5, 5.41) is 2.83. The van der Waals surface area contributed by atoms with E-state index in [0.29, 0.717) is 6.42 Å². The fourth-order valence-corrected chi connectivity index (χ4v) is 3.32. The second-order valence-electron chi connectivity index (χ2n) is 5.76. The van der Waals surface area contributed by atoms with Crippen molar-refractivity contribution in [2.45, 2.75) is 24.5 Å². The van der Waals surface area contributed by atoms with Crippen molar-refractivity contribution in [3.63, 3.8) is 0 Å². The maximum atomic E-state index is 12.5. The summed E-state index contributed by atoms with van der Waals surface area (Å²) >= 11 is 0. The molecule has 0 saturated carbocycles. The molecule has 0 aromatic heterocycles. The van der Waals surface area contributed by atoms with Crippen molar-refractivity contribution >= 4 is 17.4 Å². The molecule has 1 spiro atoms. The lowest BCUT2D eigenvalue weighted by Crippen LogP contribution is -2.44. The van der Waals surface area contributed by atoms with E-state index < -0.39 is 5.60 Å².